The van der Waals surface area contributed by atoms with Gasteiger partial charge in [-0.2, -0.15) is 0 Å². The summed E-state index contributed by atoms with van der Waals surface area (Å²) in [4.78, 5) is 0. The van der Waals surface area contributed by atoms with E-state index in [0.29, 0.717) is 18.7 Å². The van der Waals surface area contributed by atoms with Crippen LogP contribution in [0, 0.1) is 0 Å². The van der Waals surface area contributed by atoms with Gasteiger partial charge < -0.3 is 5.11 Å². The van der Waals surface area contributed by atoms with Gasteiger partial charge in [-0.3, -0.25) is 0 Å². The molecule has 1 nitrogen and oxygen atoms in total. The van der Waals surface area contributed by atoms with E-state index in [9.17, 15) is 5.11 Å². The van der Waals surface area contributed by atoms with Crippen molar-refractivity contribution in [1.82, 2.24) is 0 Å². The molecule has 1 rings (SSSR count). The quantitative estimate of drug-likeness (QED) is 0.585. The highest BCUT2D eigenvalue weighted by atomic mass is 35.5. The second kappa shape index (κ2) is 5.84. The summed E-state index contributed by atoms with van der Waals surface area (Å²) in [6, 6.07) is 7.99. The molecule has 0 radical (unpaired) electrons. The number of rotatable bonds is 5. The van der Waals surface area contributed by atoms with Crippen LogP contribution in [0.25, 0.3) is 0 Å². The first-order valence-electron chi connectivity index (χ1n) is 4.69. The third kappa shape index (κ3) is 3.52. The molecule has 0 aromatic heterocycles. The number of aliphatic hydroxyl groups excluding tert-OH is 1. The molecule has 2 heteroatoms. The Morgan fingerprint density at radius 2 is 1.86 bits per heavy atom. The summed E-state index contributed by atoms with van der Waals surface area (Å²) >= 11 is 5.67. The first kappa shape index (κ1) is 11.3. The highest BCUT2D eigenvalue weighted by molar-refractivity contribution is 6.17. The van der Waals surface area contributed by atoms with Crippen LogP contribution in [0.5, 0.6) is 0 Å². The summed E-state index contributed by atoms with van der Waals surface area (Å²) in [6.07, 6.45) is 2.72. The summed E-state index contributed by atoms with van der Waals surface area (Å²) in [5.41, 5.74) is 2.24. The molecule has 0 amide bonds. The van der Waals surface area contributed by atoms with E-state index < -0.39 is 0 Å². The van der Waals surface area contributed by atoms with E-state index in [-0.39, 0.29) is 6.10 Å². The fraction of sp³-hybridized carbons (Fsp3) is 0.333. The molecule has 0 saturated carbocycles. The van der Waals surface area contributed by atoms with E-state index in [2.05, 4.69) is 6.58 Å². The Balaban J connectivity index is 2.54. The molecule has 14 heavy (non-hydrogen) atoms. The second-order valence-electron chi connectivity index (χ2n) is 3.33. The number of halogens is 1. The molecule has 0 aliphatic rings. The fourth-order valence-corrected chi connectivity index (χ4v) is 1.49. The van der Waals surface area contributed by atoms with E-state index in [1.54, 1.807) is 6.08 Å². The summed E-state index contributed by atoms with van der Waals surface area (Å²) in [5, 5.41) is 9.53. The van der Waals surface area contributed by atoms with Crippen molar-refractivity contribution in [3.8, 4) is 0 Å². The van der Waals surface area contributed by atoms with Crippen molar-refractivity contribution < 1.29 is 5.11 Å². The van der Waals surface area contributed by atoms with Gasteiger partial charge in [-0.05, 0) is 24.0 Å². The van der Waals surface area contributed by atoms with Gasteiger partial charge in [0.05, 0.1) is 6.10 Å². The molecule has 0 aliphatic heterocycles. The zero-order valence-corrected chi connectivity index (χ0v) is 8.87. The van der Waals surface area contributed by atoms with Crippen molar-refractivity contribution in [2.45, 2.75) is 24.8 Å². The Bertz CT molecular complexity index is 279. The minimum absolute atomic E-state index is 0.325. The highest BCUT2D eigenvalue weighted by Crippen LogP contribution is 2.10. The Hall–Kier alpha value is -0.790. The van der Waals surface area contributed by atoms with Crippen molar-refractivity contribution >= 4 is 11.6 Å². The molecule has 0 fully saturated rings. The van der Waals surface area contributed by atoms with Crippen molar-refractivity contribution in [2.24, 2.45) is 0 Å². The average Bonchev–Trinajstić information content (AvgIpc) is 2.19. The van der Waals surface area contributed by atoms with Crippen molar-refractivity contribution in [3.05, 3.63) is 48.0 Å². The maximum atomic E-state index is 9.53. The molecule has 0 bridgehead atoms. The minimum Gasteiger partial charge on any atom is -0.392 e. The fourth-order valence-electron chi connectivity index (χ4n) is 1.31. The predicted octanol–water partition coefficient (Wildman–Crippen LogP) is 2.90. The topological polar surface area (TPSA) is 20.2 Å². The Morgan fingerprint density at radius 3 is 2.36 bits per heavy atom. The summed E-state index contributed by atoms with van der Waals surface area (Å²) in [6.45, 7) is 3.59. The maximum absolute atomic E-state index is 9.53. The average molecular weight is 211 g/mol. The second-order valence-corrected chi connectivity index (χ2v) is 3.60. The van der Waals surface area contributed by atoms with E-state index >= 15 is 0 Å². The molecule has 1 aromatic carbocycles. The molecule has 0 heterocycles. The molecule has 0 aliphatic carbocycles. The third-order valence-corrected chi connectivity index (χ3v) is 2.40. The predicted molar refractivity (Wildman–Crippen MR) is 60.5 cm³/mol. The Morgan fingerprint density at radius 1 is 1.29 bits per heavy atom. The van der Waals surface area contributed by atoms with Crippen LogP contribution in [0.15, 0.2) is 36.9 Å². The van der Waals surface area contributed by atoms with Gasteiger partial charge >= 0.3 is 0 Å². The molecule has 1 unspecified atom stereocenters. The lowest BCUT2D eigenvalue weighted by Crippen LogP contribution is -2.08. The van der Waals surface area contributed by atoms with Crippen LogP contribution in [0.1, 0.15) is 17.5 Å². The van der Waals surface area contributed by atoms with E-state index in [1.807, 2.05) is 24.3 Å². The SMILES string of the molecule is C=CCC(O)Cc1ccc(CCl)cc1. The van der Waals surface area contributed by atoms with Gasteiger partial charge in [-0.25, -0.2) is 0 Å². The lowest BCUT2D eigenvalue weighted by Gasteiger charge is -2.07. The Labute approximate surface area is 90.0 Å². The van der Waals surface area contributed by atoms with Gasteiger partial charge in [0, 0.05) is 5.88 Å². The monoisotopic (exact) mass is 210 g/mol. The van der Waals surface area contributed by atoms with E-state index in [0.717, 1.165) is 11.1 Å². The number of alkyl halides is 1. The van der Waals surface area contributed by atoms with Gasteiger partial charge in [-0.15, -0.1) is 18.2 Å². The number of aliphatic hydroxyl groups is 1. The smallest absolute Gasteiger partial charge is 0.0614 e. The largest absolute Gasteiger partial charge is 0.392 e. The van der Waals surface area contributed by atoms with Crippen molar-refractivity contribution in [3.63, 3.8) is 0 Å². The molecule has 1 atom stereocenters. The van der Waals surface area contributed by atoms with Crippen LogP contribution in [0.3, 0.4) is 0 Å². The van der Waals surface area contributed by atoms with Crippen LogP contribution in [-0.2, 0) is 12.3 Å². The van der Waals surface area contributed by atoms with Crippen LogP contribution in [0.2, 0.25) is 0 Å². The van der Waals surface area contributed by atoms with Gasteiger partial charge in [0.2, 0.25) is 0 Å². The summed E-state index contributed by atoms with van der Waals surface area (Å²) < 4.78 is 0. The Kier molecular flexibility index (Phi) is 4.71. The molecule has 1 N–H and O–H groups in total. The number of benzene rings is 1. The van der Waals surface area contributed by atoms with Crippen LogP contribution < -0.4 is 0 Å². The minimum atomic E-state index is -0.325. The van der Waals surface area contributed by atoms with Gasteiger partial charge in [0.1, 0.15) is 0 Å². The summed E-state index contributed by atoms with van der Waals surface area (Å²) in [7, 11) is 0. The normalized spacial score (nSPS) is 12.4. The lowest BCUT2D eigenvalue weighted by molar-refractivity contribution is 0.178. The lowest BCUT2D eigenvalue weighted by atomic mass is 10.0. The maximum Gasteiger partial charge on any atom is 0.0614 e. The molecule has 0 saturated heterocycles. The van der Waals surface area contributed by atoms with Gasteiger partial charge in [0.15, 0.2) is 0 Å². The highest BCUT2D eigenvalue weighted by Gasteiger charge is 2.02. The van der Waals surface area contributed by atoms with Crippen molar-refractivity contribution in [2.75, 3.05) is 0 Å². The number of hydrogen-bond acceptors (Lipinski definition) is 1. The van der Waals surface area contributed by atoms with Crippen LogP contribution in [0.4, 0.5) is 0 Å². The van der Waals surface area contributed by atoms with Crippen LogP contribution in [-0.4, -0.2) is 11.2 Å². The molecule has 1 aromatic rings. The number of hydrogen-bond donors (Lipinski definition) is 1. The van der Waals surface area contributed by atoms with E-state index in [1.165, 1.54) is 0 Å². The first-order chi connectivity index (χ1) is 6.76. The standard InChI is InChI=1S/C12H15ClO/c1-2-3-12(14)8-10-4-6-11(9-13)7-5-10/h2,4-7,12,14H,1,3,8-9H2. The van der Waals surface area contributed by atoms with E-state index in [4.69, 9.17) is 11.6 Å². The molecular weight excluding hydrogens is 196 g/mol. The zero-order chi connectivity index (χ0) is 10.4. The van der Waals surface area contributed by atoms with Crippen molar-refractivity contribution in [1.29, 1.82) is 0 Å². The van der Waals surface area contributed by atoms with Gasteiger partial charge in [0.25, 0.3) is 0 Å². The van der Waals surface area contributed by atoms with Gasteiger partial charge in [-0.1, -0.05) is 30.3 Å². The third-order valence-electron chi connectivity index (χ3n) is 2.09. The first-order valence-corrected chi connectivity index (χ1v) is 5.22. The molecular formula is C12H15ClO. The molecule has 0 spiro atoms. The summed E-state index contributed by atoms with van der Waals surface area (Å²) in [5.74, 6) is 0.537. The zero-order valence-electron chi connectivity index (χ0n) is 8.12. The molecule has 76 valence electrons. The van der Waals surface area contributed by atoms with Crippen LogP contribution >= 0.6 is 11.6 Å².